The Kier molecular flexibility index (Phi) is 6.10. The second kappa shape index (κ2) is 7.80. The molecule has 0 aliphatic heterocycles. The molecule has 0 aliphatic carbocycles. The molecule has 0 amide bonds. The maximum Gasteiger partial charge on any atom is 0.431 e. The molecule has 0 saturated carbocycles. The van der Waals surface area contributed by atoms with E-state index < -0.39 is 34.6 Å². The highest BCUT2D eigenvalue weighted by Crippen LogP contribution is 2.35. The Labute approximate surface area is 159 Å². The predicted octanol–water partition coefficient (Wildman–Crippen LogP) is 2.97. The van der Waals surface area contributed by atoms with Gasteiger partial charge in [0.2, 0.25) is 0 Å². The van der Waals surface area contributed by atoms with E-state index in [0.29, 0.717) is 25.0 Å². The predicted molar refractivity (Wildman–Crippen MR) is 96.7 cm³/mol. The van der Waals surface area contributed by atoms with Crippen LogP contribution in [0, 0.1) is 10.1 Å². The van der Waals surface area contributed by atoms with Crippen molar-refractivity contribution in [2.45, 2.75) is 22.5 Å². The zero-order valence-electron chi connectivity index (χ0n) is 14.4. The number of nitro groups is 1. The first-order valence-electron chi connectivity index (χ1n) is 7.28. The first kappa shape index (κ1) is 21.1. The van der Waals surface area contributed by atoms with Gasteiger partial charge in [0.15, 0.2) is 0 Å². The summed E-state index contributed by atoms with van der Waals surface area (Å²) < 4.78 is 39.7. The molecule has 1 aromatic heterocycles. The van der Waals surface area contributed by atoms with E-state index in [1.165, 1.54) is 17.8 Å². The van der Waals surface area contributed by atoms with Crippen LogP contribution in [0.1, 0.15) is 11.3 Å². The minimum Gasteiger partial charge on any atom is -0.292 e. The standard InChI is InChI=1S/C15H14F3N3O4S2/c1-19-11(15(16,17)18)6-12(22)20(14(19)23)7-8-4-9(26-2)5-10(27-3)13(8)21(24)25/h4-6H,7H2,1-3H3. The quantitative estimate of drug-likeness (QED) is 0.419. The van der Waals surface area contributed by atoms with Crippen molar-refractivity contribution >= 4 is 29.2 Å². The van der Waals surface area contributed by atoms with Gasteiger partial charge in [-0.15, -0.1) is 23.5 Å². The summed E-state index contributed by atoms with van der Waals surface area (Å²) in [6, 6.07) is 3.36. The summed E-state index contributed by atoms with van der Waals surface area (Å²) in [6.45, 7) is -0.512. The topological polar surface area (TPSA) is 87.1 Å². The van der Waals surface area contributed by atoms with E-state index >= 15 is 0 Å². The number of halogens is 3. The molecule has 0 radical (unpaired) electrons. The maximum absolute atomic E-state index is 12.9. The van der Waals surface area contributed by atoms with Crippen molar-refractivity contribution in [3.8, 4) is 0 Å². The molecule has 0 fully saturated rings. The highest BCUT2D eigenvalue weighted by molar-refractivity contribution is 7.99. The van der Waals surface area contributed by atoms with Gasteiger partial charge < -0.3 is 0 Å². The summed E-state index contributed by atoms with van der Waals surface area (Å²) in [5, 5.41) is 11.5. The van der Waals surface area contributed by atoms with E-state index in [9.17, 15) is 32.9 Å². The number of hydrogen-bond acceptors (Lipinski definition) is 6. The monoisotopic (exact) mass is 421 g/mol. The van der Waals surface area contributed by atoms with Crippen LogP contribution in [-0.2, 0) is 19.8 Å². The number of benzene rings is 1. The molecule has 2 rings (SSSR count). The molecular formula is C15H14F3N3O4S2. The Morgan fingerprint density at radius 2 is 1.78 bits per heavy atom. The van der Waals surface area contributed by atoms with Crippen molar-refractivity contribution in [2.75, 3.05) is 12.5 Å². The lowest BCUT2D eigenvalue weighted by molar-refractivity contribution is -0.388. The van der Waals surface area contributed by atoms with E-state index in [4.69, 9.17) is 0 Å². The minimum atomic E-state index is -4.87. The SMILES string of the molecule is CSc1cc(Cn2c(=O)cc(C(F)(F)F)n(C)c2=O)c([N+](=O)[O-])c(SC)c1. The van der Waals surface area contributed by atoms with Crippen molar-refractivity contribution in [3.05, 3.63) is 60.4 Å². The zero-order valence-corrected chi connectivity index (χ0v) is 16.0. The summed E-state index contributed by atoms with van der Waals surface area (Å²) in [5.41, 5.74) is -3.99. The summed E-state index contributed by atoms with van der Waals surface area (Å²) >= 11 is 2.43. The lowest BCUT2D eigenvalue weighted by Gasteiger charge is -2.14. The number of nitro benzene ring substituents is 1. The molecule has 7 nitrogen and oxygen atoms in total. The van der Waals surface area contributed by atoms with Crippen LogP contribution in [0.5, 0.6) is 0 Å². The highest BCUT2D eigenvalue weighted by Gasteiger charge is 2.35. The molecule has 1 heterocycles. The van der Waals surface area contributed by atoms with E-state index in [0.717, 1.165) is 18.8 Å². The van der Waals surface area contributed by atoms with Crippen LogP contribution in [0.2, 0.25) is 0 Å². The lowest BCUT2D eigenvalue weighted by Crippen LogP contribution is -2.42. The Hall–Kier alpha value is -2.21. The molecule has 12 heteroatoms. The van der Waals surface area contributed by atoms with Crippen LogP contribution < -0.4 is 11.2 Å². The normalized spacial score (nSPS) is 11.6. The number of hydrogen-bond donors (Lipinski definition) is 0. The molecular weight excluding hydrogens is 407 g/mol. The van der Waals surface area contributed by atoms with Crippen LogP contribution >= 0.6 is 23.5 Å². The van der Waals surface area contributed by atoms with Crippen LogP contribution in [-0.4, -0.2) is 26.6 Å². The maximum atomic E-state index is 12.9. The largest absolute Gasteiger partial charge is 0.431 e. The van der Waals surface area contributed by atoms with Gasteiger partial charge in [-0.3, -0.25) is 24.0 Å². The van der Waals surface area contributed by atoms with Gasteiger partial charge in [-0.25, -0.2) is 4.79 Å². The smallest absolute Gasteiger partial charge is 0.292 e. The molecule has 0 atom stereocenters. The molecule has 2 aromatic rings. The van der Waals surface area contributed by atoms with Gasteiger partial charge in [0.25, 0.3) is 11.2 Å². The highest BCUT2D eigenvalue weighted by atomic mass is 32.2. The molecule has 146 valence electrons. The molecule has 0 saturated heterocycles. The molecule has 1 aromatic carbocycles. The van der Waals surface area contributed by atoms with Gasteiger partial charge in [-0.1, -0.05) is 0 Å². The third-order valence-corrected chi connectivity index (χ3v) is 5.25. The van der Waals surface area contributed by atoms with Gasteiger partial charge >= 0.3 is 11.9 Å². The second-order valence-corrected chi connectivity index (χ2v) is 7.12. The minimum absolute atomic E-state index is 0.0650. The number of alkyl halides is 3. The number of aromatic nitrogens is 2. The van der Waals surface area contributed by atoms with Gasteiger partial charge in [0.05, 0.1) is 21.9 Å². The average molecular weight is 421 g/mol. The number of rotatable bonds is 5. The van der Waals surface area contributed by atoms with Gasteiger partial charge in [-0.05, 0) is 24.6 Å². The Morgan fingerprint density at radius 3 is 2.26 bits per heavy atom. The van der Waals surface area contributed by atoms with Crippen LogP contribution in [0.25, 0.3) is 0 Å². The molecule has 0 N–H and O–H groups in total. The van der Waals surface area contributed by atoms with E-state index in [1.54, 1.807) is 18.6 Å². The molecule has 0 aliphatic rings. The van der Waals surface area contributed by atoms with Gasteiger partial charge in [0, 0.05) is 18.0 Å². The van der Waals surface area contributed by atoms with Crippen LogP contribution in [0.15, 0.2) is 37.6 Å². The zero-order chi connectivity index (χ0) is 20.5. The van der Waals surface area contributed by atoms with Crippen LogP contribution in [0.4, 0.5) is 18.9 Å². The van der Waals surface area contributed by atoms with Crippen LogP contribution in [0.3, 0.4) is 0 Å². The third-order valence-electron chi connectivity index (χ3n) is 3.79. The number of nitrogens with zero attached hydrogens (tertiary/aromatic N) is 3. The van der Waals surface area contributed by atoms with Gasteiger partial charge in [0.1, 0.15) is 5.69 Å². The van der Waals surface area contributed by atoms with E-state index in [1.807, 2.05) is 0 Å². The van der Waals surface area contributed by atoms with Gasteiger partial charge in [-0.2, -0.15) is 13.2 Å². The summed E-state index contributed by atoms with van der Waals surface area (Å²) in [6.07, 6.45) is -1.49. The average Bonchev–Trinajstić information content (AvgIpc) is 2.59. The van der Waals surface area contributed by atoms with E-state index in [2.05, 4.69) is 0 Å². The Morgan fingerprint density at radius 1 is 1.15 bits per heavy atom. The fourth-order valence-corrected chi connectivity index (χ4v) is 3.71. The van der Waals surface area contributed by atoms with Crippen molar-refractivity contribution in [1.82, 2.24) is 9.13 Å². The molecule has 0 spiro atoms. The fraction of sp³-hybridized carbons (Fsp3) is 0.333. The Balaban J connectivity index is 2.71. The Bertz CT molecular complexity index is 1020. The summed E-state index contributed by atoms with van der Waals surface area (Å²) in [4.78, 5) is 36.3. The second-order valence-electron chi connectivity index (χ2n) is 5.39. The first-order chi connectivity index (χ1) is 12.5. The van der Waals surface area contributed by atoms with Crippen molar-refractivity contribution in [3.63, 3.8) is 0 Å². The van der Waals surface area contributed by atoms with E-state index in [-0.39, 0.29) is 11.3 Å². The van der Waals surface area contributed by atoms with Crippen molar-refractivity contribution in [1.29, 1.82) is 0 Å². The molecule has 0 bridgehead atoms. The molecule has 27 heavy (non-hydrogen) atoms. The summed E-state index contributed by atoms with van der Waals surface area (Å²) in [7, 11) is 0.890. The number of thioether (sulfide) groups is 2. The lowest BCUT2D eigenvalue weighted by atomic mass is 10.1. The fourth-order valence-electron chi connectivity index (χ4n) is 2.50. The third kappa shape index (κ3) is 4.21. The first-order valence-corrected chi connectivity index (χ1v) is 9.73. The molecule has 0 unspecified atom stereocenters. The van der Waals surface area contributed by atoms with Crippen molar-refractivity contribution < 1.29 is 18.1 Å². The van der Waals surface area contributed by atoms with Crippen molar-refractivity contribution in [2.24, 2.45) is 7.05 Å². The summed E-state index contributed by atoms with van der Waals surface area (Å²) in [5.74, 6) is 0.